The van der Waals surface area contributed by atoms with E-state index in [1.807, 2.05) is 24.5 Å². The van der Waals surface area contributed by atoms with Gasteiger partial charge in [-0.05, 0) is 36.6 Å². The second kappa shape index (κ2) is 4.79. The van der Waals surface area contributed by atoms with Crippen LogP contribution in [0.5, 0.6) is 0 Å². The molecule has 0 atom stereocenters. The number of aryl methyl sites for hydroxylation is 1. The van der Waals surface area contributed by atoms with Crippen LogP contribution in [0.4, 0.5) is 0 Å². The van der Waals surface area contributed by atoms with E-state index in [4.69, 9.17) is 0 Å². The highest BCUT2D eigenvalue weighted by Gasteiger charge is 2.04. The number of thiophene rings is 1. The Morgan fingerprint density at radius 2 is 2.00 bits per heavy atom. The Hall–Kier alpha value is -1.15. The van der Waals surface area contributed by atoms with Crippen LogP contribution in [0.25, 0.3) is 0 Å². The van der Waals surface area contributed by atoms with E-state index in [1.165, 1.54) is 15.3 Å². The van der Waals surface area contributed by atoms with Gasteiger partial charge in [-0.15, -0.1) is 11.3 Å². The molecule has 0 bridgehead atoms. The normalized spacial score (nSPS) is 11.0. The van der Waals surface area contributed by atoms with Gasteiger partial charge in [-0.25, -0.2) is 0 Å². The van der Waals surface area contributed by atoms with Gasteiger partial charge in [-0.3, -0.25) is 4.98 Å². The number of rotatable bonds is 3. The first-order valence-corrected chi connectivity index (χ1v) is 6.47. The van der Waals surface area contributed by atoms with Crippen molar-refractivity contribution in [1.82, 2.24) is 4.98 Å². The lowest BCUT2D eigenvalue weighted by atomic mass is 10.1. The van der Waals surface area contributed by atoms with Crippen LogP contribution in [-0.2, 0) is 6.42 Å². The number of hydrogen-bond acceptors (Lipinski definition) is 2. The molecule has 0 saturated carbocycles. The molecule has 2 aromatic rings. The Balaban J connectivity index is 2.11. The summed E-state index contributed by atoms with van der Waals surface area (Å²) in [6.45, 7) is 6.50. The van der Waals surface area contributed by atoms with Crippen LogP contribution in [0.3, 0.4) is 0 Å². The van der Waals surface area contributed by atoms with Gasteiger partial charge in [0, 0.05) is 28.1 Å². The summed E-state index contributed by atoms with van der Waals surface area (Å²) in [4.78, 5) is 7.21. The predicted octanol–water partition coefficient (Wildman–Crippen LogP) is 4.17. The highest BCUT2D eigenvalue weighted by molar-refractivity contribution is 7.12. The molecule has 0 spiro atoms. The summed E-state index contributed by atoms with van der Waals surface area (Å²) in [5.74, 6) is 0.634. The van der Waals surface area contributed by atoms with Crippen molar-refractivity contribution in [3.05, 3.63) is 51.5 Å². The topological polar surface area (TPSA) is 12.9 Å². The third kappa shape index (κ3) is 2.70. The summed E-state index contributed by atoms with van der Waals surface area (Å²) < 4.78 is 0. The first-order valence-electron chi connectivity index (χ1n) is 5.65. The lowest BCUT2D eigenvalue weighted by Crippen LogP contribution is -1.87. The molecule has 2 rings (SSSR count). The number of nitrogens with zero attached hydrogens (tertiary/aromatic N) is 1. The molecular formula is C14H17NS. The summed E-state index contributed by atoms with van der Waals surface area (Å²) in [5, 5.41) is 0. The van der Waals surface area contributed by atoms with Gasteiger partial charge in [0.1, 0.15) is 0 Å². The van der Waals surface area contributed by atoms with E-state index in [-0.39, 0.29) is 0 Å². The van der Waals surface area contributed by atoms with Gasteiger partial charge in [-0.2, -0.15) is 0 Å². The second-order valence-corrected chi connectivity index (χ2v) is 5.64. The van der Waals surface area contributed by atoms with Crippen molar-refractivity contribution in [2.45, 2.75) is 33.1 Å². The van der Waals surface area contributed by atoms with Crippen LogP contribution in [0.1, 0.15) is 40.8 Å². The quantitative estimate of drug-likeness (QED) is 0.772. The molecule has 0 radical (unpaired) electrons. The first-order chi connectivity index (χ1) is 7.65. The lowest BCUT2D eigenvalue weighted by Gasteiger charge is -2.00. The van der Waals surface area contributed by atoms with E-state index in [0.29, 0.717) is 5.92 Å². The zero-order valence-corrected chi connectivity index (χ0v) is 10.8. The van der Waals surface area contributed by atoms with Crippen LogP contribution in [0.15, 0.2) is 30.5 Å². The maximum Gasteiger partial charge on any atom is 0.0372 e. The van der Waals surface area contributed by atoms with Crippen LogP contribution >= 0.6 is 11.3 Å². The van der Waals surface area contributed by atoms with E-state index in [0.717, 1.165) is 12.1 Å². The largest absolute Gasteiger partial charge is 0.261 e. The molecule has 0 aliphatic rings. The fraction of sp³-hybridized carbons (Fsp3) is 0.357. The Morgan fingerprint density at radius 3 is 2.56 bits per heavy atom. The maximum atomic E-state index is 4.32. The average Bonchev–Trinajstić information content (AvgIpc) is 2.70. The summed E-state index contributed by atoms with van der Waals surface area (Å²) in [7, 11) is 0. The Labute approximate surface area is 101 Å². The summed E-state index contributed by atoms with van der Waals surface area (Å²) in [5.41, 5.74) is 2.38. The van der Waals surface area contributed by atoms with Gasteiger partial charge in [0.15, 0.2) is 0 Å². The van der Waals surface area contributed by atoms with Crippen molar-refractivity contribution in [1.29, 1.82) is 0 Å². The minimum absolute atomic E-state index is 0.634. The molecule has 0 saturated heterocycles. The minimum atomic E-state index is 0.634. The summed E-state index contributed by atoms with van der Waals surface area (Å²) in [6, 6.07) is 8.72. The van der Waals surface area contributed by atoms with E-state index in [9.17, 15) is 0 Å². The zero-order chi connectivity index (χ0) is 11.5. The third-order valence-corrected chi connectivity index (χ3v) is 3.99. The van der Waals surface area contributed by atoms with Crippen molar-refractivity contribution >= 4 is 11.3 Å². The van der Waals surface area contributed by atoms with E-state index < -0.39 is 0 Å². The standard InChI is InChI=1S/C14H17NS/c1-10(2)14-7-6-13(16-14)8-12-5-4-11(3)15-9-12/h4-7,9-10H,8H2,1-3H3. The molecule has 84 valence electrons. The second-order valence-electron chi connectivity index (χ2n) is 4.44. The zero-order valence-electron chi connectivity index (χ0n) is 10.0. The van der Waals surface area contributed by atoms with Gasteiger partial charge in [-0.1, -0.05) is 19.9 Å². The van der Waals surface area contributed by atoms with Crippen molar-refractivity contribution in [3.63, 3.8) is 0 Å². The fourth-order valence-corrected chi connectivity index (χ4v) is 2.65. The van der Waals surface area contributed by atoms with Crippen LogP contribution < -0.4 is 0 Å². The Bertz CT molecular complexity index is 454. The van der Waals surface area contributed by atoms with Gasteiger partial charge in [0.05, 0.1) is 0 Å². The Kier molecular flexibility index (Phi) is 3.39. The van der Waals surface area contributed by atoms with Gasteiger partial charge >= 0.3 is 0 Å². The fourth-order valence-electron chi connectivity index (χ4n) is 1.60. The van der Waals surface area contributed by atoms with Gasteiger partial charge < -0.3 is 0 Å². The molecule has 0 N–H and O–H groups in total. The van der Waals surface area contributed by atoms with Crippen molar-refractivity contribution in [3.8, 4) is 0 Å². The van der Waals surface area contributed by atoms with Crippen molar-refractivity contribution in [2.24, 2.45) is 0 Å². The predicted molar refractivity (Wildman–Crippen MR) is 70.2 cm³/mol. The maximum absolute atomic E-state index is 4.32. The highest BCUT2D eigenvalue weighted by Crippen LogP contribution is 2.25. The van der Waals surface area contributed by atoms with Gasteiger partial charge in [0.25, 0.3) is 0 Å². The SMILES string of the molecule is Cc1ccc(Cc2ccc(C(C)C)s2)cn1. The molecule has 0 fully saturated rings. The Morgan fingerprint density at radius 1 is 1.19 bits per heavy atom. The van der Waals surface area contributed by atoms with Crippen molar-refractivity contribution in [2.75, 3.05) is 0 Å². The molecule has 16 heavy (non-hydrogen) atoms. The summed E-state index contributed by atoms with van der Waals surface area (Å²) >= 11 is 1.91. The van der Waals surface area contributed by atoms with E-state index in [2.05, 4.69) is 43.1 Å². The molecule has 2 heterocycles. The van der Waals surface area contributed by atoms with Crippen LogP contribution in [0, 0.1) is 6.92 Å². The van der Waals surface area contributed by atoms with Crippen molar-refractivity contribution < 1.29 is 0 Å². The number of hydrogen-bond donors (Lipinski definition) is 0. The molecular weight excluding hydrogens is 214 g/mol. The number of pyridine rings is 1. The van der Waals surface area contributed by atoms with E-state index in [1.54, 1.807) is 0 Å². The summed E-state index contributed by atoms with van der Waals surface area (Å²) in [6.07, 6.45) is 2.98. The molecule has 0 amide bonds. The molecule has 0 unspecified atom stereocenters. The number of aromatic nitrogens is 1. The van der Waals surface area contributed by atoms with Gasteiger partial charge in [0.2, 0.25) is 0 Å². The molecule has 0 aromatic carbocycles. The molecule has 0 aliphatic heterocycles. The average molecular weight is 231 g/mol. The molecule has 1 nitrogen and oxygen atoms in total. The molecule has 2 heteroatoms. The van der Waals surface area contributed by atoms with E-state index >= 15 is 0 Å². The minimum Gasteiger partial charge on any atom is -0.261 e. The lowest BCUT2D eigenvalue weighted by molar-refractivity contribution is 0.890. The monoisotopic (exact) mass is 231 g/mol. The van der Waals surface area contributed by atoms with Crippen LogP contribution in [0.2, 0.25) is 0 Å². The third-order valence-electron chi connectivity index (χ3n) is 2.60. The molecule has 0 aliphatic carbocycles. The van der Waals surface area contributed by atoms with Crippen LogP contribution in [-0.4, -0.2) is 4.98 Å². The first kappa shape index (κ1) is 11.3. The highest BCUT2D eigenvalue weighted by atomic mass is 32.1. The molecule has 2 aromatic heterocycles. The smallest absolute Gasteiger partial charge is 0.0372 e.